The summed E-state index contributed by atoms with van der Waals surface area (Å²) in [6.45, 7) is 2.54. The SMILES string of the molecule is Cc1ccccc1CNC(=O)c1cc(C(=O)Nc2ccc3c(c2)OCO3)ccn1. The lowest BCUT2D eigenvalue weighted by molar-refractivity contribution is 0.0946. The molecule has 146 valence electrons. The summed E-state index contributed by atoms with van der Waals surface area (Å²) in [5.41, 5.74) is 3.20. The van der Waals surface area contributed by atoms with Crippen LogP contribution in [-0.2, 0) is 6.54 Å². The fourth-order valence-electron chi connectivity index (χ4n) is 2.95. The van der Waals surface area contributed by atoms with Crippen LogP contribution >= 0.6 is 0 Å². The number of carbonyl (C=O) groups excluding carboxylic acids is 2. The van der Waals surface area contributed by atoms with Crippen molar-refractivity contribution in [2.75, 3.05) is 12.1 Å². The van der Waals surface area contributed by atoms with Gasteiger partial charge < -0.3 is 20.1 Å². The van der Waals surface area contributed by atoms with Crippen LogP contribution in [0.25, 0.3) is 0 Å². The van der Waals surface area contributed by atoms with Gasteiger partial charge in [0.1, 0.15) is 5.69 Å². The van der Waals surface area contributed by atoms with Gasteiger partial charge in [0.25, 0.3) is 11.8 Å². The minimum atomic E-state index is -0.348. The first-order chi connectivity index (χ1) is 14.1. The average Bonchev–Trinajstić information content (AvgIpc) is 3.21. The summed E-state index contributed by atoms with van der Waals surface area (Å²) >= 11 is 0. The number of hydrogen-bond acceptors (Lipinski definition) is 5. The highest BCUT2D eigenvalue weighted by Crippen LogP contribution is 2.34. The second kappa shape index (κ2) is 8.02. The monoisotopic (exact) mass is 389 g/mol. The summed E-state index contributed by atoms with van der Waals surface area (Å²) in [6, 6.07) is 16.0. The first kappa shape index (κ1) is 18.5. The zero-order valence-electron chi connectivity index (χ0n) is 15.8. The lowest BCUT2D eigenvalue weighted by atomic mass is 10.1. The minimum Gasteiger partial charge on any atom is -0.454 e. The molecule has 2 aromatic carbocycles. The van der Waals surface area contributed by atoms with Gasteiger partial charge in [-0.25, -0.2) is 0 Å². The predicted molar refractivity (Wildman–Crippen MR) is 107 cm³/mol. The molecule has 0 saturated heterocycles. The molecule has 29 heavy (non-hydrogen) atoms. The molecule has 3 aromatic rings. The molecule has 0 atom stereocenters. The average molecular weight is 389 g/mol. The molecular weight excluding hydrogens is 370 g/mol. The Morgan fingerprint density at radius 1 is 1.00 bits per heavy atom. The van der Waals surface area contributed by atoms with E-state index in [-0.39, 0.29) is 24.3 Å². The van der Waals surface area contributed by atoms with Crippen molar-refractivity contribution in [3.8, 4) is 11.5 Å². The molecule has 7 heteroatoms. The minimum absolute atomic E-state index is 0.165. The molecule has 0 spiro atoms. The van der Waals surface area contributed by atoms with E-state index in [4.69, 9.17) is 9.47 Å². The predicted octanol–water partition coefficient (Wildman–Crippen LogP) is 3.30. The molecule has 1 aliphatic heterocycles. The summed E-state index contributed by atoms with van der Waals surface area (Å²) in [7, 11) is 0. The number of pyridine rings is 1. The largest absolute Gasteiger partial charge is 0.454 e. The number of hydrogen-bond donors (Lipinski definition) is 2. The van der Waals surface area contributed by atoms with Crippen LogP contribution < -0.4 is 20.1 Å². The van der Waals surface area contributed by atoms with Gasteiger partial charge in [-0.3, -0.25) is 14.6 Å². The summed E-state index contributed by atoms with van der Waals surface area (Å²) in [5, 5.41) is 5.62. The van der Waals surface area contributed by atoms with E-state index in [1.807, 2.05) is 31.2 Å². The van der Waals surface area contributed by atoms with E-state index in [9.17, 15) is 9.59 Å². The van der Waals surface area contributed by atoms with Crippen molar-refractivity contribution in [1.82, 2.24) is 10.3 Å². The fraction of sp³-hybridized carbons (Fsp3) is 0.136. The van der Waals surface area contributed by atoms with Crippen LogP contribution in [0.1, 0.15) is 32.0 Å². The van der Waals surface area contributed by atoms with E-state index in [0.29, 0.717) is 29.3 Å². The van der Waals surface area contributed by atoms with Crippen LogP contribution in [0.3, 0.4) is 0 Å². The Labute approximate surface area is 167 Å². The zero-order valence-corrected chi connectivity index (χ0v) is 15.8. The van der Waals surface area contributed by atoms with Crippen LogP contribution in [-0.4, -0.2) is 23.6 Å². The Morgan fingerprint density at radius 2 is 1.83 bits per heavy atom. The highest BCUT2D eigenvalue weighted by atomic mass is 16.7. The lowest BCUT2D eigenvalue weighted by Crippen LogP contribution is -2.24. The highest BCUT2D eigenvalue weighted by molar-refractivity contribution is 6.05. The summed E-state index contributed by atoms with van der Waals surface area (Å²) in [6.07, 6.45) is 1.44. The van der Waals surface area contributed by atoms with Gasteiger partial charge in [0.2, 0.25) is 6.79 Å². The second-order valence-electron chi connectivity index (χ2n) is 6.56. The molecule has 0 saturated carbocycles. The van der Waals surface area contributed by atoms with Gasteiger partial charge in [-0.1, -0.05) is 24.3 Å². The Balaban J connectivity index is 1.43. The van der Waals surface area contributed by atoms with E-state index in [2.05, 4.69) is 15.6 Å². The Morgan fingerprint density at radius 3 is 2.69 bits per heavy atom. The maximum atomic E-state index is 12.6. The number of ether oxygens (including phenoxy) is 2. The third kappa shape index (κ3) is 4.19. The molecule has 0 unspecified atom stereocenters. The molecule has 2 heterocycles. The van der Waals surface area contributed by atoms with Gasteiger partial charge >= 0.3 is 0 Å². The molecule has 0 bridgehead atoms. The van der Waals surface area contributed by atoms with E-state index in [0.717, 1.165) is 11.1 Å². The first-order valence-electron chi connectivity index (χ1n) is 9.10. The number of aromatic nitrogens is 1. The molecule has 2 N–H and O–H groups in total. The number of rotatable bonds is 5. The van der Waals surface area contributed by atoms with Crippen molar-refractivity contribution >= 4 is 17.5 Å². The second-order valence-corrected chi connectivity index (χ2v) is 6.56. The van der Waals surface area contributed by atoms with Gasteiger partial charge in [-0.15, -0.1) is 0 Å². The molecular formula is C22H19N3O4. The van der Waals surface area contributed by atoms with Crippen molar-refractivity contribution in [1.29, 1.82) is 0 Å². The highest BCUT2D eigenvalue weighted by Gasteiger charge is 2.16. The third-order valence-corrected chi connectivity index (χ3v) is 4.59. The van der Waals surface area contributed by atoms with Crippen LogP contribution in [0.2, 0.25) is 0 Å². The molecule has 0 radical (unpaired) electrons. The number of anilines is 1. The molecule has 0 aliphatic carbocycles. The maximum Gasteiger partial charge on any atom is 0.270 e. The van der Waals surface area contributed by atoms with Gasteiger partial charge in [-0.05, 0) is 42.3 Å². The Kier molecular flexibility index (Phi) is 5.11. The molecule has 2 amide bonds. The van der Waals surface area contributed by atoms with Gasteiger partial charge in [0, 0.05) is 30.1 Å². The fourth-order valence-corrected chi connectivity index (χ4v) is 2.95. The number of fused-ring (bicyclic) bond motifs is 1. The van der Waals surface area contributed by atoms with Crippen LogP contribution in [0.4, 0.5) is 5.69 Å². The Bertz CT molecular complexity index is 1080. The van der Waals surface area contributed by atoms with E-state index in [1.54, 1.807) is 24.3 Å². The maximum absolute atomic E-state index is 12.6. The van der Waals surface area contributed by atoms with E-state index >= 15 is 0 Å². The van der Waals surface area contributed by atoms with Crippen LogP contribution in [0, 0.1) is 6.92 Å². The molecule has 1 aromatic heterocycles. The summed E-state index contributed by atoms with van der Waals surface area (Å²) < 4.78 is 10.6. The van der Waals surface area contributed by atoms with Crippen LogP contribution in [0.5, 0.6) is 11.5 Å². The molecule has 4 rings (SSSR count). The van der Waals surface area contributed by atoms with Gasteiger partial charge in [-0.2, -0.15) is 0 Å². The van der Waals surface area contributed by atoms with E-state index < -0.39 is 0 Å². The number of amides is 2. The normalized spacial score (nSPS) is 11.8. The molecule has 0 fully saturated rings. The van der Waals surface area contributed by atoms with Crippen molar-refractivity contribution in [3.63, 3.8) is 0 Å². The van der Waals surface area contributed by atoms with E-state index in [1.165, 1.54) is 12.3 Å². The standard InChI is InChI=1S/C22H19N3O4/c1-14-4-2-3-5-16(14)12-24-22(27)18-10-15(8-9-23-18)21(26)25-17-6-7-19-20(11-17)29-13-28-19/h2-11H,12-13H2,1H3,(H,24,27)(H,25,26). The Hall–Kier alpha value is -3.87. The van der Waals surface area contributed by atoms with Crippen molar-refractivity contribution in [3.05, 3.63) is 83.2 Å². The third-order valence-electron chi connectivity index (χ3n) is 4.59. The smallest absolute Gasteiger partial charge is 0.270 e. The topological polar surface area (TPSA) is 89.6 Å². The first-order valence-corrected chi connectivity index (χ1v) is 9.10. The van der Waals surface area contributed by atoms with Crippen LogP contribution in [0.15, 0.2) is 60.8 Å². The quantitative estimate of drug-likeness (QED) is 0.699. The summed E-state index contributed by atoms with van der Waals surface area (Å²) in [4.78, 5) is 29.1. The number of aryl methyl sites for hydroxylation is 1. The zero-order chi connectivity index (χ0) is 20.2. The molecule has 7 nitrogen and oxygen atoms in total. The number of nitrogens with one attached hydrogen (secondary N) is 2. The van der Waals surface area contributed by atoms with Gasteiger partial charge in [0.15, 0.2) is 11.5 Å². The van der Waals surface area contributed by atoms with Gasteiger partial charge in [0.05, 0.1) is 0 Å². The summed E-state index contributed by atoms with van der Waals surface area (Å²) in [5.74, 6) is 0.526. The number of nitrogens with zero attached hydrogens (tertiary/aromatic N) is 1. The van der Waals surface area contributed by atoms with Crippen molar-refractivity contribution in [2.45, 2.75) is 13.5 Å². The van der Waals surface area contributed by atoms with Crippen molar-refractivity contribution in [2.24, 2.45) is 0 Å². The number of carbonyl (C=O) groups is 2. The lowest BCUT2D eigenvalue weighted by Gasteiger charge is -2.09. The number of benzene rings is 2. The van der Waals surface area contributed by atoms with Crippen molar-refractivity contribution < 1.29 is 19.1 Å². The molecule has 1 aliphatic rings.